The summed E-state index contributed by atoms with van der Waals surface area (Å²) in [7, 11) is 0. The lowest BCUT2D eigenvalue weighted by molar-refractivity contribution is -0.138. The molecule has 0 saturated heterocycles. The summed E-state index contributed by atoms with van der Waals surface area (Å²) in [6.45, 7) is 0. The third kappa shape index (κ3) is 6.54. The number of halogens is 12. The molecule has 0 bridgehead atoms. The maximum absolute atomic E-state index is 13.6. The smallest absolute Gasteiger partial charge is 0.166 e. The molecule has 1 unspecified atom stereocenters. The van der Waals surface area contributed by atoms with Crippen molar-refractivity contribution >= 4 is 16.7 Å². The van der Waals surface area contributed by atoms with Crippen molar-refractivity contribution in [3.8, 4) is 0 Å². The van der Waals surface area contributed by atoms with Crippen LogP contribution >= 0.6 is 0 Å². The van der Waals surface area contributed by atoms with E-state index in [1.54, 1.807) is 36.5 Å². The van der Waals surface area contributed by atoms with E-state index in [1.807, 2.05) is 0 Å². The number of hydrogen-bond acceptors (Lipinski definition) is 0. The highest BCUT2D eigenvalue weighted by molar-refractivity contribution is 6.01. The molecular formula is C44H24F12. The summed E-state index contributed by atoms with van der Waals surface area (Å²) in [5.74, 6) is -1.38. The molecule has 0 aromatic heterocycles. The van der Waals surface area contributed by atoms with E-state index in [4.69, 9.17) is 0 Å². The van der Waals surface area contributed by atoms with Crippen LogP contribution in [-0.4, -0.2) is 0 Å². The minimum Gasteiger partial charge on any atom is -0.166 e. The molecule has 0 radical (unpaired) electrons. The van der Waals surface area contributed by atoms with Gasteiger partial charge in [-0.25, -0.2) is 0 Å². The van der Waals surface area contributed by atoms with Gasteiger partial charge < -0.3 is 0 Å². The molecular weight excluding hydrogens is 756 g/mol. The predicted molar refractivity (Wildman–Crippen MR) is 187 cm³/mol. The van der Waals surface area contributed by atoms with Gasteiger partial charge in [-0.3, -0.25) is 0 Å². The van der Waals surface area contributed by atoms with Crippen molar-refractivity contribution in [3.63, 3.8) is 0 Å². The van der Waals surface area contributed by atoms with Crippen LogP contribution in [0.2, 0.25) is 0 Å². The highest BCUT2D eigenvalue weighted by Crippen LogP contribution is 2.58. The minimum absolute atomic E-state index is 0.384. The molecule has 0 saturated carbocycles. The van der Waals surface area contributed by atoms with E-state index in [1.165, 1.54) is 48.5 Å². The molecule has 56 heavy (non-hydrogen) atoms. The fourth-order valence-electron chi connectivity index (χ4n) is 7.76. The first kappa shape index (κ1) is 37.2. The van der Waals surface area contributed by atoms with Crippen molar-refractivity contribution in [2.45, 2.75) is 30.6 Å². The third-order valence-corrected chi connectivity index (χ3v) is 10.4. The topological polar surface area (TPSA) is 0 Å². The molecule has 0 N–H and O–H groups in total. The Morgan fingerprint density at radius 2 is 0.804 bits per heavy atom. The van der Waals surface area contributed by atoms with Gasteiger partial charge in [-0.15, -0.1) is 0 Å². The summed E-state index contributed by atoms with van der Waals surface area (Å²) >= 11 is 0. The van der Waals surface area contributed by atoms with Gasteiger partial charge in [-0.2, -0.15) is 52.7 Å². The van der Waals surface area contributed by atoms with E-state index < -0.39 is 58.8 Å². The number of rotatable bonds is 4. The summed E-state index contributed by atoms with van der Waals surface area (Å²) in [6.07, 6.45) is -7.91. The van der Waals surface area contributed by atoms with Crippen molar-refractivity contribution in [1.29, 1.82) is 0 Å². The molecule has 0 amide bonds. The van der Waals surface area contributed by atoms with Crippen molar-refractivity contribution < 1.29 is 52.7 Å². The molecule has 4 aliphatic carbocycles. The summed E-state index contributed by atoms with van der Waals surface area (Å²) in [4.78, 5) is 0. The average molecular weight is 781 g/mol. The molecule has 4 aromatic carbocycles. The van der Waals surface area contributed by atoms with Crippen LogP contribution in [0.3, 0.4) is 0 Å². The van der Waals surface area contributed by atoms with Gasteiger partial charge in [-0.05, 0) is 121 Å². The van der Waals surface area contributed by atoms with E-state index in [2.05, 4.69) is 0 Å². The molecule has 0 spiro atoms. The van der Waals surface area contributed by atoms with Gasteiger partial charge in [0, 0.05) is 11.8 Å². The molecule has 4 aromatic rings. The second-order valence-electron chi connectivity index (χ2n) is 13.7. The quantitative estimate of drug-likeness (QED) is 0.181. The fourth-order valence-corrected chi connectivity index (χ4v) is 7.76. The lowest BCUT2D eigenvalue weighted by Crippen LogP contribution is -2.27. The SMILES string of the molecule is FC(F)(F)c1ccc(C2=CC(c3ccc(C(F)(F)F)cc3)=C3C=CC4=C5C(=CC=C2[C@@H]35)C(c2ccc(C(F)(F)F)cc2)C=C4c2ccc(C(F)(F)F)cc2)cc1. The van der Waals surface area contributed by atoms with E-state index in [9.17, 15) is 52.7 Å². The molecule has 0 heterocycles. The van der Waals surface area contributed by atoms with Gasteiger partial charge in [0.25, 0.3) is 0 Å². The zero-order valence-corrected chi connectivity index (χ0v) is 28.4. The Balaban J connectivity index is 1.35. The largest absolute Gasteiger partial charge is 0.416 e. The Morgan fingerprint density at radius 3 is 1.27 bits per heavy atom. The molecule has 0 nitrogen and oxygen atoms in total. The van der Waals surface area contributed by atoms with E-state index >= 15 is 0 Å². The maximum Gasteiger partial charge on any atom is 0.416 e. The van der Waals surface area contributed by atoms with E-state index in [0.29, 0.717) is 66.8 Å². The van der Waals surface area contributed by atoms with Crippen LogP contribution in [0, 0.1) is 5.92 Å². The molecule has 2 atom stereocenters. The van der Waals surface area contributed by atoms with E-state index in [-0.39, 0.29) is 0 Å². The number of benzene rings is 4. The minimum atomic E-state index is -4.62. The molecule has 284 valence electrons. The molecule has 4 aliphatic rings. The summed E-state index contributed by atoms with van der Waals surface area (Å²) < 4.78 is 163. The van der Waals surface area contributed by atoms with Crippen LogP contribution in [0.5, 0.6) is 0 Å². The van der Waals surface area contributed by atoms with Crippen LogP contribution in [0.25, 0.3) is 16.7 Å². The third-order valence-electron chi connectivity index (χ3n) is 10.4. The highest BCUT2D eigenvalue weighted by atomic mass is 19.4. The number of hydrogen-bond donors (Lipinski definition) is 0. The van der Waals surface area contributed by atoms with Crippen LogP contribution in [0.1, 0.15) is 50.4 Å². The van der Waals surface area contributed by atoms with Gasteiger partial charge in [0.05, 0.1) is 22.3 Å². The summed E-state index contributed by atoms with van der Waals surface area (Å²) in [6, 6.07) is 17.9. The van der Waals surface area contributed by atoms with E-state index in [0.717, 1.165) is 48.5 Å². The second kappa shape index (κ2) is 12.9. The van der Waals surface area contributed by atoms with Crippen molar-refractivity contribution in [2.24, 2.45) is 5.92 Å². The van der Waals surface area contributed by atoms with Gasteiger partial charge >= 0.3 is 24.7 Å². The predicted octanol–water partition coefficient (Wildman–Crippen LogP) is 13.8. The zero-order valence-electron chi connectivity index (χ0n) is 28.4. The van der Waals surface area contributed by atoms with Crippen molar-refractivity contribution in [1.82, 2.24) is 0 Å². The first-order valence-electron chi connectivity index (χ1n) is 17.0. The maximum atomic E-state index is 13.6. The standard InChI is InChI=1S/C44H24F12/c45-41(46,47)27-9-1-23(2-10-27)35-21-36(24-3-11-28(12-4-24)42(48,49)50)32-19-20-34-38(26-7-15-30(16-8-26)44(54,55)56)22-37(33-18-17-31(35)39(32)40(33)34)25-5-13-29(14-6-25)43(51,52)53/h1-22,35,40H/t35?,40-/m0/s1. The van der Waals surface area contributed by atoms with Gasteiger partial charge in [0.15, 0.2) is 0 Å². The van der Waals surface area contributed by atoms with Crippen LogP contribution < -0.4 is 0 Å². The number of alkyl halides is 12. The van der Waals surface area contributed by atoms with Crippen LogP contribution in [0.15, 0.2) is 161 Å². The Labute approximate surface area is 311 Å². The second-order valence-corrected chi connectivity index (χ2v) is 13.7. The van der Waals surface area contributed by atoms with Crippen LogP contribution in [-0.2, 0) is 24.7 Å². The Morgan fingerprint density at radius 1 is 0.393 bits per heavy atom. The van der Waals surface area contributed by atoms with Gasteiger partial charge in [0.2, 0.25) is 0 Å². The zero-order chi connectivity index (χ0) is 39.9. The fraction of sp³-hybridized carbons (Fsp3) is 0.136. The first-order chi connectivity index (χ1) is 26.3. The monoisotopic (exact) mass is 780 g/mol. The Bertz CT molecular complexity index is 2450. The van der Waals surface area contributed by atoms with Gasteiger partial charge in [0.1, 0.15) is 0 Å². The molecule has 0 aliphatic heterocycles. The highest BCUT2D eigenvalue weighted by Gasteiger charge is 2.42. The summed E-state index contributed by atoms with van der Waals surface area (Å²) in [5.41, 5.74) is 2.71. The average Bonchev–Trinajstić information content (AvgIpc) is 3.15. The lowest BCUT2D eigenvalue weighted by atomic mass is 9.61. The van der Waals surface area contributed by atoms with Crippen LogP contribution in [0.4, 0.5) is 52.7 Å². The van der Waals surface area contributed by atoms with Crippen molar-refractivity contribution in [2.75, 3.05) is 0 Å². The Hall–Kier alpha value is -5.78. The number of allylic oxidation sites excluding steroid dienone is 14. The Kier molecular flexibility index (Phi) is 8.55. The molecule has 8 rings (SSSR count). The molecule has 12 heteroatoms. The lowest BCUT2D eigenvalue weighted by Gasteiger charge is -2.42. The first-order valence-corrected chi connectivity index (χ1v) is 17.0. The molecule has 0 fully saturated rings. The summed E-state index contributed by atoms with van der Waals surface area (Å²) in [5, 5.41) is 0. The van der Waals surface area contributed by atoms with Crippen molar-refractivity contribution in [3.05, 3.63) is 206 Å². The van der Waals surface area contributed by atoms with Gasteiger partial charge in [-0.1, -0.05) is 78.9 Å². The normalized spacial score (nSPS) is 19.6.